The van der Waals surface area contributed by atoms with E-state index in [9.17, 15) is 14.7 Å². The summed E-state index contributed by atoms with van der Waals surface area (Å²) < 4.78 is 1.44. The van der Waals surface area contributed by atoms with Crippen molar-refractivity contribution in [1.29, 1.82) is 0 Å². The average molecular weight is 366 g/mol. The van der Waals surface area contributed by atoms with Crippen LogP contribution >= 0.6 is 0 Å². The van der Waals surface area contributed by atoms with E-state index in [0.29, 0.717) is 12.1 Å². The van der Waals surface area contributed by atoms with Crippen molar-refractivity contribution in [2.75, 3.05) is 13.1 Å². The Bertz CT molecular complexity index is 896. The first-order valence-corrected chi connectivity index (χ1v) is 9.74. The summed E-state index contributed by atoms with van der Waals surface area (Å²) in [6.45, 7) is 1.61. The predicted octanol–water partition coefficient (Wildman–Crippen LogP) is 1.81. The third-order valence-corrected chi connectivity index (χ3v) is 6.23. The maximum atomic E-state index is 12.9. The van der Waals surface area contributed by atoms with E-state index in [1.165, 1.54) is 21.8 Å². The van der Waals surface area contributed by atoms with Gasteiger partial charge in [0.15, 0.2) is 5.78 Å². The number of benzene rings is 1. The number of carbonyl (C=O) groups excluding carboxylic acids is 1. The van der Waals surface area contributed by atoms with Crippen LogP contribution in [0.25, 0.3) is 0 Å². The van der Waals surface area contributed by atoms with Gasteiger partial charge in [-0.1, -0.05) is 30.3 Å². The van der Waals surface area contributed by atoms with Crippen LogP contribution in [0.4, 0.5) is 0 Å². The Morgan fingerprint density at radius 3 is 2.37 bits per heavy atom. The molecule has 142 valence electrons. The van der Waals surface area contributed by atoms with Gasteiger partial charge in [-0.2, -0.15) is 0 Å². The number of fused-ring (bicyclic) bond motifs is 1. The molecule has 1 N–H and O–H groups in total. The molecule has 0 unspecified atom stereocenters. The molecule has 4 rings (SSSR count). The molecule has 2 heterocycles. The molecule has 1 saturated heterocycles. The van der Waals surface area contributed by atoms with Crippen LogP contribution in [0.2, 0.25) is 0 Å². The van der Waals surface area contributed by atoms with Crippen LogP contribution in [0.3, 0.4) is 0 Å². The highest BCUT2D eigenvalue weighted by Crippen LogP contribution is 2.29. The van der Waals surface area contributed by atoms with Gasteiger partial charge < -0.3 is 9.67 Å². The van der Waals surface area contributed by atoms with Crippen molar-refractivity contribution in [2.45, 2.75) is 37.8 Å². The van der Waals surface area contributed by atoms with Crippen molar-refractivity contribution in [1.82, 2.24) is 9.47 Å². The Morgan fingerprint density at radius 1 is 1.00 bits per heavy atom. The van der Waals surface area contributed by atoms with E-state index in [1.807, 2.05) is 6.07 Å². The Kier molecular flexibility index (Phi) is 4.98. The van der Waals surface area contributed by atoms with Crippen molar-refractivity contribution in [2.24, 2.45) is 13.0 Å². The molecule has 1 fully saturated rings. The van der Waals surface area contributed by atoms with Crippen LogP contribution in [-0.4, -0.2) is 45.6 Å². The summed E-state index contributed by atoms with van der Waals surface area (Å²) in [4.78, 5) is 27.0. The molecule has 1 aromatic carbocycles. The van der Waals surface area contributed by atoms with Crippen molar-refractivity contribution in [3.8, 4) is 0 Å². The molecular formula is C22H26N2O3. The van der Waals surface area contributed by atoms with Gasteiger partial charge in [0.1, 0.15) is 0 Å². The van der Waals surface area contributed by atoms with Gasteiger partial charge in [-0.3, -0.25) is 14.5 Å². The Morgan fingerprint density at radius 2 is 1.67 bits per heavy atom. The van der Waals surface area contributed by atoms with Crippen molar-refractivity contribution in [3.63, 3.8) is 0 Å². The van der Waals surface area contributed by atoms with E-state index in [1.54, 1.807) is 19.2 Å². The number of pyridine rings is 1. The minimum Gasteiger partial charge on any atom is -0.391 e. The zero-order valence-electron chi connectivity index (χ0n) is 15.7. The Hall–Kier alpha value is -2.24. The van der Waals surface area contributed by atoms with Gasteiger partial charge in [-0.25, -0.2) is 0 Å². The largest absolute Gasteiger partial charge is 0.391 e. The number of piperidine rings is 1. The van der Waals surface area contributed by atoms with Crippen LogP contribution in [0.5, 0.6) is 0 Å². The fraction of sp³-hybridized carbons (Fsp3) is 0.455. The number of aliphatic hydroxyl groups is 1. The summed E-state index contributed by atoms with van der Waals surface area (Å²) >= 11 is 0. The molecule has 2 aromatic rings. The lowest BCUT2D eigenvalue weighted by Gasteiger charge is -2.41. The molecule has 2 atom stereocenters. The number of aliphatic hydroxyl groups excluding tert-OH is 1. The zero-order chi connectivity index (χ0) is 19.0. The summed E-state index contributed by atoms with van der Waals surface area (Å²) in [5.41, 5.74) is 2.91. The van der Waals surface area contributed by atoms with E-state index in [4.69, 9.17) is 0 Å². The normalized spacial score (nSPS) is 23.8. The lowest BCUT2D eigenvalue weighted by Crippen LogP contribution is -2.51. The second kappa shape index (κ2) is 7.41. The first-order chi connectivity index (χ1) is 13.0. The number of ketones is 1. The highest BCUT2D eigenvalue weighted by atomic mass is 16.3. The van der Waals surface area contributed by atoms with Crippen LogP contribution in [0, 0.1) is 5.92 Å². The number of hydrogen-bond donors (Lipinski definition) is 1. The minimum atomic E-state index is -0.359. The number of nitrogens with zero attached hydrogens (tertiary/aromatic N) is 2. The van der Waals surface area contributed by atoms with Gasteiger partial charge in [0.05, 0.1) is 11.8 Å². The fourth-order valence-corrected chi connectivity index (χ4v) is 4.56. The lowest BCUT2D eigenvalue weighted by atomic mass is 9.83. The Labute approximate surface area is 159 Å². The zero-order valence-corrected chi connectivity index (χ0v) is 15.7. The molecule has 0 saturated carbocycles. The number of hydrogen-bond acceptors (Lipinski definition) is 4. The molecule has 0 radical (unpaired) electrons. The van der Waals surface area contributed by atoms with Crippen molar-refractivity contribution < 1.29 is 9.90 Å². The Balaban J connectivity index is 1.43. The molecule has 0 bridgehead atoms. The van der Waals surface area contributed by atoms with Gasteiger partial charge in [0.25, 0.3) is 5.56 Å². The molecule has 0 spiro atoms. The number of likely N-dealkylation sites (tertiary alicyclic amines) is 1. The van der Waals surface area contributed by atoms with E-state index in [0.717, 1.165) is 32.4 Å². The second-order valence-electron chi connectivity index (χ2n) is 7.79. The summed E-state index contributed by atoms with van der Waals surface area (Å²) in [5, 5.41) is 10.6. The number of rotatable bonds is 3. The monoisotopic (exact) mass is 366 g/mol. The van der Waals surface area contributed by atoms with Crippen LogP contribution in [-0.2, 0) is 19.9 Å². The SMILES string of the molecule is Cn1c(C(=O)C2CCN([C@@H]3Cc4ccccc4C[C@H]3O)CC2)cccc1=O. The molecule has 1 aliphatic heterocycles. The van der Waals surface area contributed by atoms with Gasteiger partial charge in [0, 0.05) is 31.5 Å². The van der Waals surface area contributed by atoms with Crippen LogP contribution in [0.15, 0.2) is 47.3 Å². The van der Waals surface area contributed by atoms with Gasteiger partial charge in [-0.15, -0.1) is 0 Å². The number of Topliss-reactive ketones (excluding diaryl/α,β-unsaturated/α-hetero) is 1. The molecule has 5 nitrogen and oxygen atoms in total. The minimum absolute atomic E-state index is 0.0535. The smallest absolute Gasteiger partial charge is 0.250 e. The third-order valence-electron chi connectivity index (χ3n) is 6.23. The molecule has 27 heavy (non-hydrogen) atoms. The summed E-state index contributed by atoms with van der Waals surface area (Å²) in [6.07, 6.45) is 2.75. The van der Waals surface area contributed by atoms with Crippen LogP contribution in [0.1, 0.15) is 34.5 Å². The average Bonchev–Trinajstić information content (AvgIpc) is 2.69. The maximum Gasteiger partial charge on any atom is 0.250 e. The van der Waals surface area contributed by atoms with Gasteiger partial charge >= 0.3 is 0 Å². The van der Waals surface area contributed by atoms with Gasteiger partial charge in [-0.05, 0) is 49.5 Å². The standard InChI is InChI=1S/C22H26N2O3/c1-23-18(7-4-8-21(23)26)22(27)15-9-11-24(12-10-15)19-13-16-5-2-3-6-17(16)14-20(19)25/h2-8,15,19-20,25H,9-14H2,1H3/t19-,20-/m1/s1. The number of aromatic nitrogens is 1. The third kappa shape index (κ3) is 3.49. The topological polar surface area (TPSA) is 62.5 Å². The highest BCUT2D eigenvalue weighted by molar-refractivity contribution is 5.96. The summed E-state index contributed by atoms with van der Waals surface area (Å²) in [5.74, 6) is 0.00616. The van der Waals surface area contributed by atoms with Gasteiger partial charge in [0.2, 0.25) is 0 Å². The number of carbonyl (C=O) groups is 1. The molecule has 5 heteroatoms. The lowest BCUT2D eigenvalue weighted by molar-refractivity contribution is 0.0238. The molecule has 2 aliphatic rings. The molecule has 1 aromatic heterocycles. The quantitative estimate of drug-likeness (QED) is 0.842. The second-order valence-corrected chi connectivity index (χ2v) is 7.79. The molecule has 1 aliphatic carbocycles. The highest BCUT2D eigenvalue weighted by Gasteiger charge is 2.35. The summed E-state index contributed by atoms with van der Waals surface area (Å²) in [6, 6.07) is 13.3. The van der Waals surface area contributed by atoms with Crippen LogP contribution < -0.4 is 5.56 Å². The predicted molar refractivity (Wildman–Crippen MR) is 104 cm³/mol. The fourth-order valence-electron chi connectivity index (χ4n) is 4.56. The molecule has 0 amide bonds. The van der Waals surface area contributed by atoms with E-state index in [2.05, 4.69) is 23.1 Å². The first kappa shape index (κ1) is 18.1. The van der Waals surface area contributed by atoms with E-state index in [-0.39, 0.29) is 29.4 Å². The summed E-state index contributed by atoms with van der Waals surface area (Å²) in [7, 11) is 1.65. The van der Waals surface area contributed by atoms with Crippen molar-refractivity contribution in [3.05, 3.63) is 69.6 Å². The maximum absolute atomic E-state index is 12.9. The van der Waals surface area contributed by atoms with E-state index < -0.39 is 0 Å². The van der Waals surface area contributed by atoms with E-state index >= 15 is 0 Å². The van der Waals surface area contributed by atoms with Crippen molar-refractivity contribution >= 4 is 5.78 Å². The first-order valence-electron chi connectivity index (χ1n) is 9.74. The molecular weight excluding hydrogens is 340 g/mol.